The van der Waals surface area contributed by atoms with E-state index in [-0.39, 0.29) is 5.78 Å². The molecule has 14 heavy (non-hydrogen) atoms. The number of carbonyl (C=O) groups excluding carboxylic acids is 1. The Bertz CT molecular complexity index is 360. The van der Waals surface area contributed by atoms with Crippen molar-refractivity contribution in [2.75, 3.05) is 11.4 Å². The number of aromatic nitrogens is 1. The van der Waals surface area contributed by atoms with Crippen LogP contribution in [0, 0.1) is 0 Å². The van der Waals surface area contributed by atoms with Crippen LogP contribution in [0.4, 0.5) is 5.82 Å². The summed E-state index contributed by atoms with van der Waals surface area (Å²) in [5.41, 5.74) is 1.05. The van der Waals surface area contributed by atoms with Gasteiger partial charge in [-0.25, -0.2) is 4.98 Å². The van der Waals surface area contributed by atoms with Crippen molar-refractivity contribution < 1.29 is 4.79 Å². The van der Waals surface area contributed by atoms with Crippen LogP contribution in [-0.2, 0) is 11.2 Å². The third kappa shape index (κ3) is 1.50. The van der Waals surface area contributed by atoms with E-state index >= 15 is 0 Å². The molecular formula is C11H14N2O. The lowest BCUT2D eigenvalue weighted by Gasteiger charge is -2.32. The van der Waals surface area contributed by atoms with E-state index in [1.165, 1.54) is 0 Å². The Morgan fingerprint density at radius 2 is 2.29 bits per heavy atom. The second kappa shape index (κ2) is 3.40. The molecule has 0 fully saturated rings. The molecule has 1 aliphatic heterocycles. The van der Waals surface area contributed by atoms with Gasteiger partial charge in [0.2, 0.25) is 0 Å². The zero-order chi connectivity index (χ0) is 10.1. The fraction of sp³-hybridized carbons (Fsp3) is 0.455. The zero-order valence-electron chi connectivity index (χ0n) is 8.53. The molecule has 0 N–H and O–H groups in total. The summed E-state index contributed by atoms with van der Waals surface area (Å²) in [6.07, 6.45) is 2.32. The summed E-state index contributed by atoms with van der Waals surface area (Å²) < 4.78 is 0. The lowest BCUT2D eigenvalue weighted by Crippen LogP contribution is -2.40. The van der Waals surface area contributed by atoms with Gasteiger partial charge in [0.15, 0.2) is 5.78 Å². The van der Waals surface area contributed by atoms with E-state index in [1.807, 2.05) is 12.1 Å². The van der Waals surface area contributed by atoms with Crippen LogP contribution >= 0.6 is 0 Å². The van der Waals surface area contributed by atoms with Gasteiger partial charge in [0.25, 0.3) is 0 Å². The van der Waals surface area contributed by atoms with E-state index in [1.54, 1.807) is 6.20 Å². The third-order valence-corrected chi connectivity index (χ3v) is 2.50. The molecule has 1 aromatic rings. The number of fused-ring (bicyclic) bond motifs is 1. The van der Waals surface area contributed by atoms with E-state index in [0.717, 1.165) is 11.4 Å². The number of rotatable bonds is 1. The molecular weight excluding hydrogens is 176 g/mol. The normalized spacial score (nSPS) is 15.9. The van der Waals surface area contributed by atoms with E-state index in [9.17, 15) is 4.79 Å². The third-order valence-electron chi connectivity index (χ3n) is 2.50. The van der Waals surface area contributed by atoms with Gasteiger partial charge in [-0.3, -0.25) is 4.79 Å². The Labute approximate surface area is 83.8 Å². The SMILES string of the molecule is CC(C)N1CC(=O)Cc2cccnc21. The van der Waals surface area contributed by atoms with Crippen LogP contribution in [-0.4, -0.2) is 23.4 Å². The summed E-state index contributed by atoms with van der Waals surface area (Å²) in [6, 6.07) is 4.19. The first kappa shape index (κ1) is 9.19. The molecule has 0 radical (unpaired) electrons. The van der Waals surface area contributed by atoms with Gasteiger partial charge in [0.05, 0.1) is 6.54 Å². The Morgan fingerprint density at radius 3 is 3.00 bits per heavy atom. The molecule has 0 bridgehead atoms. The largest absolute Gasteiger partial charge is 0.347 e. The van der Waals surface area contributed by atoms with Crippen LogP contribution < -0.4 is 4.90 Å². The maximum atomic E-state index is 11.5. The van der Waals surface area contributed by atoms with Crippen molar-refractivity contribution in [3.63, 3.8) is 0 Å². The zero-order valence-corrected chi connectivity index (χ0v) is 8.53. The minimum Gasteiger partial charge on any atom is -0.347 e. The van der Waals surface area contributed by atoms with Gasteiger partial charge in [-0.2, -0.15) is 0 Å². The lowest BCUT2D eigenvalue weighted by molar-refractivity contribution is -0.117. The first-order valence-electron chi connectivity index (χ1n) is 4.90. The number of anilines is 1. The van der Waals surface area contributed by atoms with Gasteiger partial charge in [-0.05, 0) is 19.9 Å². The van der Waals surface area contributed by atoms with Crippen molar-refractivity contribution in [3.8, 4) is 0 Å². The highest BCUT2D eigenvalue weighted by Gasteiger charge is 2.24. The first-order chi connectivity index (χ1) is 6.68. The second-order valence-electron chi connectivity index (χ2n) is 3.92. The quantitative estimate of drug-likeness (QED) is 0.671. The van der Waals surface area contributed by atoms with Gasteiger partial charge in [-0.15, -0.1) is 0 Å². The molecule has 0 unspecified atom stereocenters. The van der Waals surface area contributed by atoms with Gasteiger partial charge in [-0.1, -0.05) is 6.07 Å². The highest BCUT2D eigenvalue weighted by Crippen LogP contribution is 2.24. The van der Waals surface area contributed by atoms with Gasteiger partial charge >= 0.3 is 0 Å². The van der Waals surface area contributed by atoms with E-state index in [4.69, 9.17) is 0 Å². The molecule has 3 heteroatoms. The van der Waals surface area contributed by atoms with Crippen LogP contribution in [0.1, 0.15) is 19.4 Å². The molecule has 0 spiro atoms. The maximum Gasteiger partial charge on any atom is 0.156 e. The van der Waals surface area contributed by atoms with E-state index < -0.39 is 0 Å². The van der Waals surface area contributed by atoms with Crippen molar-refractivity contribution >= 4 is 11.6 Å². The molecule has 0 aliphatic carbocycles. The monoisotopic (exact) mass is 190 g/mol. The minimum atomic E-state index is 0.277. The van der Waals surface area contributed by atoms with Crippen LogP contribution in [0.15, 0.2) is 18.3 Å². The highest BCUT2D eigenvalue weighted by atomic mass is 16.1. The molecule has 1 aromatic heterocycles. The molecule has 0 amide bonds. The average molecular weight is 190 g/mol. The standard InChI is InChI=1S/C11H14N2O/c1-8(2)13-7-10(14)6-9-4-3-5-12-11(9)13/h3-5,8H,6-7H2,1-2H3. The number of hydrogen-bond donors (Lipinski definition) is 0. The summed E-state index contributed by atoms with van der Waals surface area (Å²) in [5.74, 6) is 1.25. The van der Waals surface area contributed by atoms with Crippen molar-refractivity contribution in [2.45, 2.75) is 26.3 Å². The number of carbonyl (C=O) groups is 1. The number of pyridine rings is 1. The highest BCUT2D eigenvalue weighted by molar-refractivity contribution is 5.89. The summed E-state index contributed by atoms with van der Waals surface area (Å²) in [6.45, 7) is 4.66. The smallest absolute Gasteiger partial charge is 0.156 e. The van der Waals surface area contributed by atoms with Crippen LogP contribution in [0.3, 0.4) is 0 Å². The van der Waals surface area contributed by atoms with Crippen LogP contribution in [0.5, 0.6) is 0 Å². The summed E-state index contributed by atoms with van der Waals surface area (Å²) >= 11 is 0. The summed E-state index contributed by atoms with van der Waals surface area (Å²) in [5, 5.41) is 0. The van der Waals surface area contributed by atoms with Crippen LogP contribution in [0.25, 0.3) is 0 Å². The lowest BCUT2D eigenvalue weighted by atomic mass is 10.0. The van der Waals surface area contributed by atoms with Gasteiger partial charge in [0.1, 0.15) is 5.82 Å². The summed E-state index contributed by atoms with van der Waals surface area (Å²) in [7, 11) is 0. The van der Waals surface area contributed by atoms with Crippen molar-refractivity contribution in [1.82, 2.24) is 4.98 Å². The number of Topliss-reactive ketones (excluding diaryl/α,β-unsaturated/α-hetero) is 1. The predicted molar refractivity (Wildman–Crippen MR) is 55.4 cm³/mol. The topological polar surface area (TPSA) is 33.2 Å². The molecule has 0 saturated carbocycles. The second-order valence-corrected chi connectivity index (χ2v) is 3.92. The molecule has 0 aromatic carbocycles. The molecule has 2 heterocycles. The fourth-order valence-corrected chi connectivity index (χ4v) is 1.79. The Balaban J connectivity index is 2.43. The number of nitrogens with zero attached hydrogens (tertiary/aromatic N) is 2. The number of hydrogen-bond acceptors (Lipinski definition) is 3. The Morgan fingerprint density at radius 1 is 1.50 bits per heavy atom. The predicted octanol–water partition coefficient (Wildman–Crippen LogP) is 1.42. The number of ketones is 1. The van der Waals surface area contributed by atoms with Crippen LogP contribution in [0.2, 0.25) is 0 Å². The summed E-state index contributed by atoms with van der Waals surface area (Å²) in [4.78, 5) is 17.9. The fourth-order valence-electron chi connectivity index (χ4n) is 1.79. The van der Waals surface area contributed by atoms with Crippen molar-refractivity contribution in [1.29, 1.82) is 0 Å². The maximum absolute atomic E-state index is 11.5. The van der Waals surface area contributed by atoms with Crippen molar-refractivity contribution in [3.05, 3.63) is 23.9 Å². The van der Waals surface area contributed by atoms with Gasteiger partial charge in [0, 0.05) is 24.2 Å². The molecule has 2 rings (SSSR count). The van der Waals surface area contributed by atoms with E-state index in [2.05, 4.69) is 23.7 Å². The molecule has 1 aliphatic rings. The minimum absolute atomic E-state index is 0.277. The molecule has 3 nitrogen and oxygen atoms in total. The van der Waals surface area contributed by atoms with E-state index in [0.29, 0.717) is 19.0 Å². The van der Waals surface area contributed by atoms with Gasteiger partial charge < -0.3 is 4.90 Å². The van der Waals surface area contributed by atoms with Crippen molar-refractivity contribution in [2.24, 2.45) is 0 Å². The Hall–Kier alpha value is -1.38. The Kier molecular flexibility index (Phi) is 2.23. The molecule has 0 saturated heterocycles. The first-order valence-corrected chi connectivity index (χ1v) is 4.90. The average Bonchev–Trinajstić information content (AvgIpc) is 2.16. The molecule has 74 valence electrons. The molecule has 0 atom stereocenters.